The normalized spacial score (nSPS) is 16.6. The number of hydrogen-bond acceptors (Lipinski definition) is 5. The van der Waals surface area contributed by atoms with Crippen molar-refractivity contribution in [3.63, 3.8) is 0 Å². The van der Waals surface area contributed by atoms with E-state index in [1.165, 1.54) is 0 Å². The molecule has 1 aromatic rings. The molecule has 8 heteroatoms. The summed E-state index contributed by atoms with van der Waals surface area (Å²) in [6.45, 7) is 15.8. The zero-order valence-electron chi connectivity index (χ0n) is 17.7. The fourth-order valence-corrected chi connectivity index (χ4v) is 3.38. The summed E-state index contributed by atoms with van der Waals surface area (Å²) in [5.41, 5.74) is 0. The van der Waals surface area contributed by atoms with Crippen molar-refractivity contribution in [1.82, 2.24) is 20.4 Å². The first-order chi connectivity index (χ1) is 13.3. The maximum absolute atomic E-state index is 5.67. The average molecular weight is 507 g/mol. The SMILES string of the molecule is CCNC(=NCC(c1ccco1)N(CC)CC)NCCCN1CCOCC1.I. The number of ether oxygens (including phenoxy) is 1. The van der Waals surface area contributed by atoms with Crippen LogP contribution in [0.4, 0.5) is 0 Å². The van der Waals surface area contributed by atoms with Gasteiger partial charge in [0.2, 0.25) is 0 Å². The van der Waals surface area contributed by atoms with Crippen LogP contribution in [-0.2, 0) is 4.74 Å². The number of aliphatic imine (C=N–C) groups is 1. The molecule has 0 saturated carbocycles. The summed E-state index contributed by atoms with van der Waals surface area (Å²) in [6.07, 6.45) is 2.84. The maximum Gasteiger partial charge on any atom is 0.191 e. The van der Waals surface area contributed by atoms with Crippen LogP contribution in [0.15, 0.2) is 27.8 Å². The molecule has 0 aromatic carbocycles. The molecule has 28 heavy (non-hydrogen) atoms. The van der Waals surface area contributed by atoms with E-state index in [-0.39, 0.29) is 30.0 Å². The Balaban J connectivity index is 0.00000392. The summed E-state index contributed by atoms with van der Waals surface area (Å²) >= 11 is 0. The number of likely N-dealkylation sites (N-methyl/N-ethyl adjacent to an activating group) is 1. The molecule has 162 valence electrons. The van der Waals surface area contributed by atoms with Crippen LogP contribution in [0.5, 0.6) is 0 Å². The highest BCUT2D eigenvalue weighted by Crippen LogP contribution is 2.21. The van der Waals surface area contributed by atoms with Gasteiger partial charge in [0, 0.05) is 26.2 Å². The lowest BCUT2D eigenvalue weighted by atomic mass is 10.2. The third kappa shape index (κ3) is 8.67. The number of rotatable bonds is 11. The Morgan fingerprint density at radius 3 is 2.57 bits per heavy atom. The Kier molecular flexibility index (Phi) is 13.6. The van der Waals surface area contributed by atoms with Crippen molar-refractivity contribution in [3.8, 4) is 0 Å². The van der Waals surface area contributed by atoms with Crippen molar-refractivity contribution in [1.29, 1.82) is 0 Å². The van der Waals surface area contributed by atoms with E-state index in [1.807, 2.05) is 12.1 Å². The van der Waals surface area contributed by atoms with Crippen molar-refractivity contribution in [3.05, 3.63) is 24.2 Å². The molecule has 1 atom stereocenters. The largest absolute Gasteiger partial charge is 0.468 e. The Morgan fingerprint density at radius 1 is 1.21 bits per heavy atom. The van der Waals surface area contributed by atoms with Crippen molar-refractivity contribution in [2.45, 2.75) is 33.2 Å². The first kappa shape index (κ1) is 25.2. The number of hydrogen-bond donors (Lipinski definition) is 2. The third-order valence-electron chi connectivity index (χ3n) is 4.94. The van der Waals surface area contributed by atoms with E-state index >= 15 is 0 Å². The monoisotopic (exact) mass is 507 g/mol. The highest BCUT2D eigenvalue weighted by Gasteiger charge is 2.20. The molecule has 1 aliphatic heterocycles. The Hall–Kier alpha value is -0.840. The Labute approximate surface area is 187 Å². The second kappa shape index (κ2) is 15.1. The minimum Gasteiger partial charge on any atom is -0.468 e. The summed E-state index contributed by atoms with van der Waals surface area (Å²) in [6, 6.07) is 4.16. The topological polar surface area (TPSA) is 65.3 Å². The molecule has 0 radical (unpaired) electrons. The van der Waals surface area contributed by atoms with Crippen LogP contribution >= 0.6 is 24.0 Å². The highest BCUT2D eigenvalue weighted by atomic mass is 127. The van der Waals surface area contributed by atoms with Gasteiger partial charge >= 0.3 is 0 Å². The minimum absolute atomic E-state index is 0. The van der Waals surface area contributed by atoms with Gasteiger partial charge in [-0.05, 0) is 45.1 Å². The van der Waals surface area contributed by atoms with Crippen LogP contribution in [0.25, 0.3) is 0 Å². The van der Waals surface area contributed by atoms with Crippen LogP contribution < -0.4 is 10.6 Å². The Bertz CT molecular complexity index is 517. The molecule has 0 bridgehead atoms. The second-order valence-electron chi connectivity index (χ2n) is 6.71. The van der Waals surface area contributed by atoms with Gasteiger partial charge in [0.25, 0.3) is 0 Å². The van der Waals surface area contributed by atoms with Gasteiger partial charge in [-0.15, -0.1) is 24.0 Å². The predicted octanol–water partition coefficient (Wildman–Crippen LogP) is 2.56. The van der Waals surface area contributed by atoms with Crippen molar-refractivity contribution >= 4 is 29.9 Å². The first-order valence-electron chi connectivity index (χ1n) is 10.4. The quantitative estimate of drug-likeness (QED) is 0.208. The van der Waals surface area contributed by atoms with E-state index in [0.717, 1.165) is 77.2 Å². The summed E-state index contributed by atoms with van der Waals surface area (Å²) < 4.78 is 11.1. The lowest BCUT2D eigenvalue weighted by Crippen LogP contribution is -2.41. The molecule has 2 heterocycles. The molecular weight excluding hydrogens is 469 g/mol. The minimum atomic E-state index is 0. The Morgan fingerprint density at radius 2 is 1.96 bits per heavy atom. The van der Waals surface area contributed by atoms with Crippen LogP contribution in [0.2, 0.25) is 0 Å². The molecule has 0 spiro atoms. The van der Waals surface area contributed by atoms with E-state index < -0.39 is 0 Å². The molecule has 1 saturated heterocycles. The summed E-state index contributed by atoms with van der Waals surface area (Å²) in [7, 11) is 0. The zero-order valence-corrected chi connectivity index (χ0v) is 20.0. The molecule has 0 aliphatic carbocycles. The molecule has 1 unspecified atom stereocenters. The van der Waals surface area contributed by atoms with E-state index in [4.69, 9.17) is 14.1 Å². The van der Waals surface area contributed by atoms with Crippen LogP contribution in [0.1, 0.15) is 39.0 Å². The third-order valence-corrected chi connectivity index (χ3v) is 4.94. The fourth-order valence-electron chi connectivity index (χ4n) is 3.38. The fraction of sp³-hybridized carbons (Fsp3) is 0.750. The van der Waals surface area contributed by atoms with Gasteiger partial charge in [0.1, 0.15) is 5.76 Å². The van der Waals surface area contributed by atoms with Gasteiger partial charge < -0.3 is 19.8 Å². The number of nitrogens with zero attached hydrogens (tertiary/aromatic N) is 3. The van der Waals surface area contributed by atoms with Gasteiger partial charge in [0.15, 0.2) is 5.96 Å². The number of morpholine rings is 1. The van der Waals surface area contributed by atoms with Gasteiger partial charge in [0.05, 0.1) is 32.1 Å². The molecular formula is C20H38IN5O2. The second-order valence-corrected chi connectivity index (χ2v) is 6.71. The highest BCUT2D eigenvalue weighted by molar-refractivity contribution is 14.0. The van der Waals surface area contributed by atoms with Gasteiger partial charge in [-0.3, -0.25) is 14.8 Å². The maximum atomic E-state index is 5.67. The lowest BCUT2D eigenvalue weighted by molar-refractivity contribution is 0.0376. The van der Waals surface area contributed by atoms with E-state index in [1.54, 1.807) is 6.26 Å². The lowest BCUT2D eigenvalue weighted by Gasteiger charge is -2.27. The molecule has 1 aromatic heterocycles. The van der Waals surface area contributed by atoms with E-state index in [0.29, 0.717) is 6.54 Å². The predicted molar refractivity (Wildman–Crippen MR) is 126 cm³/mol. The summed E-state index contributed by atoms with van der Waals surface area (Å²) in [5, 5.41) is 6.82. The summed E-state index contributed by atoms with van der Waals surface area (Å²) in [5.74, 6) is 1.86. The van der Waals surface area contributed by atoms with Gasteiger partial charge in [-0.1, -0.05) is 13.8 Å². The van der Waals surface area contributed by atoms with Crippen molar-refractivity contribution < 1.29 is 9.15 Å². The number of halogens is 1. The average Bonchev–Trinajstić information content (AvgIpc) is 3.23. The molecule has 0 amide bonds. The molecule has 2 rings (SSSR count). The molecule has 1 aliphatic rings. The molecule has 2 N–H and O–H groups in total. The smallest absolute Gasteiger partial charge is 0.191 e. The van der Waals surface area contributed by atoms with Crippen molar-refractivity contribution in [2.75, 3.05) is 65.6 Å². The number of guanidine groups is 1. The number of furan rings is 1. The molecule has 7 nitrogen and oxygen atoms in total. The van der Waals surface area contributed by atoms with E-state index in [9.17, 15) is 0 Å². The number of nitrogens with one attached hydrogen (secondary N) is 2. The van der Waals surface area contributed by atoms with Gasteiger partial charge in [-0.2, -0.15) is 0 Å². The molecule has 1 fully saturated rings. The van der Waals surface area contributed by atoms with Crippen molar-refractivity contribution in [2.24, 2.45) is 4.99 Å². The van der Waals surface area contributed by atoms with E-state index in [2.05, 4.69) is 41.2 Å². The van der Waals surface area contributed by atoms with Gasteiger partial charge in [-0.25, -0.2) is 0 Å². The van der Waals surface area contributed by atoms with Crippen LogP contribution in [0.3, 0.4) is 0 Å². The van der Waals surface area contributed by atoms with Crippen LogP contribution in [0, 0.1) is 0 Å². The summed E-state index contributed by atoms with van der Waals surface area (Å²) in [4.78, 5) is 9.67. The first-order valence-corrected chi connectivity index (χ1v) is 10.4. The zero-order chi connectivity index (χ0) is 19.3. The standard InChI is InChI=1S/C20H37N5O2.HI/c1-4-21-20(22-10-8-11-24-12-15-26-16-13-24)23-17-18(25(5-2)6-3)19-9-7-14-27-19;/h7,9,14,18H,4-6,8,10-13,15-17H2,1-3H3,(H2,21,22,23);1H. The van der Waals surface area contributed by atoms with Crippen LogP contribution in [-0.4, -0.2) is 81.3 Å².